The fraction of sp³-hybridized carbons (Fsp3) is 0.296. The summed E-state index contributed by atoms with van der Waals surface area (Å²) in [6.07, 6.45) is -16.3. The number of Topliss-reactive ketones (excluding diaryl/α,β-unsaturated/α-hetero) is 1. The van der Waals surface area contributed by atoms with E-state index in [1.165, 1.54) is 29.2 Å². The molecule has 1 N–H and O–H groups in total. The van der Waals surface area contributed by atoms with E-state index >= 15 is 0 Å². The molecule has 0 heterocycles. The Morgan fingerprint density at radius 3 is 2.08 bits per heavy atom. The zero-order valence-corrected chi connectivity index (χ0v) is 20.5. The highest BCUT2D eigenvalue weighted by atomic mass is 19.3. The molecule has 0 aliphatic rings. The third-order valence-electron chi connectivity index (χ3n) is 5.44. The van der Waals surface area contributed by atoms with Crippen LogP contribution >= 0.6 is 0 Å². The third kappa shape index (κ3) is 8.31. The summed E-state index contributed by atoms with van der Waals surface area (Å²) < 4.78 is 114. The topological polar surface area (TPSA) is 59.0 Å². The molecule has 3 aromatic rings. The summed E-state index contributed by atoms with van der Waals surface area (Å²) >= 11 is 0. The second-order valence-corrected chi connectivity index (χ2v) is 8.61. The second kappa shape index (κ2) is 13.0. The van der Waals surface area contributed by atoms with Crippen molar-refractivity contribution >= 4 is 11.5 Å². The molecule has 5 nitrogen and oxygen atoms in total. The van der Waals surface area contributed by atoms with Gasteiger partial charge in [0.25, 0.3) is 0 Å². The third-order valence-corrected chi connectivity index (χ3v) is 5.44. The van der Waals surface area contributed by atoms with Crippen molar-refractivity contribution in [2.75, 3.05) is 11.4 Å². The van der Waals surface area contributed by atoms with Gasteiger partial charge in [-0.2, -0.15) is 26.3 Å². The SMILES string of the molecule is O=C(CC(O)CN(Cc1cccc(OC(F)(F)C(F)F)c1)c1cccc(Oc2ccccc2)c1)C(F)(F)C(F)F. The number of carbonyl (C=O) groups excluding carboxylic acids is 1. The van der Waals surface area contributed by atoms with Crippen molar-refractivity contribution in [1.29, 1.82) is 0 Å². The van der Waals surface area contributed by atoms with Crippen molar-refractivity contribution in [3.63, 3.8) is 0 Å². The Hall–Kier alpha value is -3.87. The molecule has 3 aromatic carbocycles. The van der Waals surface area contributed by atoms with Gasteiger partial charge in [-0.1, -0.05) is 36.4 Å². The highest BCUT2D eigenvalue weighted by Gasteiger charge is 2.48. The lowest BCUT2D eigenvalue weighted by molar-refractivity contribution is -0.253. The van der Waals surface area contributed by atoms with Gasteiger partial charge in [-0.3, -0.25) is 4.79 Å². The van der Waals surface area contributed by atoms with Gasteiger partial charge in [0, 0.05) is 31.3 Å². The quantitative estimate of drug-likeness (QED) is 0.210. The molecule has 0 saturated heterocycles. The van der Waals surface area contributed by atoms with E-state index < -0.39 is 55.5 Å². The number of rotatable bonds is 14. The first-order chi connectivity index (χ1) is 18.8. The number of para-hydroxylation sites is 1. The van der Waals surface area contributed by atoms with Gasteiger partial charge in [0.1, 0.15) is 17.2 Å². The van der Waals surface area contributed by atoms with Crippen molar-refractivity contribution in [1.82, 2.24) is 0 Å². The summed E-state index contributed by atoms with van der Waals surface area (Å²) in [5.74, 6) is -6.96. The van der Waals surface area contributed by atoms with Gasteiger partial charge in [-0.25, -0.2) is 8.78 Å². The monoisotopic (exact) mass is 577 g/mol. The number of hydrogen-bond acceptors (Lipinski definition) is 5. The molecule has 1 atom stereocenters. The Bertz CT molecular complexity index is 1260. The van der Waals surface area contributed by atoms with E-state index in [4.69, 9.17) is 4.74 Å². The number of anilines is 1. The highest BCUT2D eigenvalue weighted by molar-refractivity contribution is 5.86. The van der Waals surface area contributed by atoms with Crippen LogP contribution in [-0.4, -0.2) is 48.4 Å². The number of aliphatic hydroxyl groups excluding tert-OH is 1. The minimum Gasteiger partial charge on any atom is -0.457 e. The molecule has 0 bridgehead atoms. The normalized spacial score (nSPS) is 12.9. The molecule has 216 valence electrons. The van der Waals surface area contributed by atoms with E-state index in [-0.39, 0.29) is 12.1 Å². The average Bonchev–Trinajstić information content (AvgIpc) is 2.88. The molecular weight excluding hydrogens is 554 g/mol. The summed E-state index contributed by atoms with van der Waals surface area (Å²) in [5, 5.41) is 10.4. The summed E-state index contributed by atoms with van der Waals surface area (Å²) in [6.45, 7) is -0.777. The summed E-state index contributed by atoms with van der Waals surface area (Å²) in [7, 11) is 0. The van der Waals surface area contributed by atoms with Gasteiger partial charge < -0.3 is 19.5 Å². The van der Waals surface area contributed by atoms with Gasteiger partial charge in [-0.05, 0) is 42.0 Å². The van der Waals surface area contributed by atoms with E-state index in [9.17, 15) is 45.0 Å². The minimum absolute atomic E-state index is 0.202. The summed E-state index contributed by atoms with van der Waals surface area (Å²) in [6, 6.07) is 19.4. The number of ketones is 1. The fourth-order valence-corrected chi connectivity index (χ4v) is 3.55. The van der Waals surface area contributed by atoms with Crippen LogP contribution < -0.4 is 14.4 Å². The lowest BCUT2D eigenvalue weighted by Crippen LogP contribution is -2.41. The molecule has 0 fully saturated rings. The lowest BCUT2D eigenvalue weighted by atomic mass is 10.1. The van der Waals surface area contributed by atoms with Crippen LogP contribution in [-0.2, 0) is 11.3 Å². The number of halogens is 8. The van der Waals surface area contributed by atoms with Crippen LogP contribution in [0, 0.1) is 0 Å². The van der Waals surface area contributed by atoms with Crippen molar-refractivity contribution in [3.05, 3.63) is 84.4 Å². The maximum atomic E-state index is 13.4. The van der Waals surface area contributed by atoms with Crippen LogP contribution in [0.1, 0.15) is 12.0 Å². The number of aliphatic hydroxyl groups is 1. The van der Waals surface area contributed by atoms with Crippen molar-refractivity contribution in [3.8, 4) is 17.2 Å². The van der Waals surface area contributed by atoms with Gasteiger partial charge in [0.15, 0.2) is 0 Å². The van der Waals surface area contributed by atoms with E-state index in [0.29, 0.717) is 17.2 Å². The molecule has 0 aromatic heterocycles. The largest absolute Gasteiger partial charge is 0.461 e. The Morgan fingerprint density at radius 1 is 0.800 bits per heavy atom. The number of carbonyl (C=O) groups is 1. The van der Waals surface area contributed by atoms with Crippen molar-refractivity contribution in [2.45, 2.75) is 44.0 Å². The van der Waals surface area contributed by atoms with E-state index in [1.54, 1.807) is 42.5 Å². The van der Waals surface area contributed by atoms with Crippen molar-refractivity contribution in [2.24, 2.45) is 0 Å². The first kappa shape index (κ1) is 30.7. The number of alkyl halides is 8. The van der Waals surface area contributed by atoms with Crippen LogP contribution in [0.25, 0.3) is 0 Å². The number of benzene rings is 3. The Balaban J connectivity index is 1.87. The molecule has 40 heavy (non-hydrogen) atoms. The number of nitrogens with zero attached hydrogens (tertiary/aromatic N) is 1. The zero-order chi connectivity index (χ0) is 29.5. The van der Waals surface area contributed by atoms with E-state index in [1.807, 2.05) is 0 Å². The Kier molecular flexibility index (Phi) is 9.96. The first-order valence-corrected chi connectivity index (χ1v) is 11.7. The first-order valence-electron chi connectivity index (χ1n) is 11.7. The molecule has 0 aliphatic heterocycles. The molecule has 0 amide bonds. The van der Waals surface area contributed by atoms with Crippen LogP contribution in [0.4, 0.5) is 40.8 Å². The molecule has 0 spiro atoms. The van der Waals surface area contributed by atoms with Gasteiger partial charge >= 0.3 is 24.9 Å². The molecule has 3 rings (SSSR count). The number of ether oxygens (including phenoxy) is 2. The summed E-state index contributed by atoms with van der Waals surface area (Å²) in [5.41, 5.74) is 0.498. The van der Waals surface area contributed by atoms with Gasteiger partial charge in [0.05, 0.1) is 6.10 Å². The predicted octanol–water partition coefficient (Wildman–Crippen LogP) is 6.94. The zero-order valence-electron chi connectivity index (χ0n) is 20.5. The van der Waals surface area contributed by atoms with Gasteiger partial charge in [0.2, 0.25) is 5.78 Å². The van der Waals surface area contributed by atoms with Crippen LogP contribution in [0.15, 0.2) is 78.9 Å². The van der Waals surface area contributed by atoms with Gasteiger partial charge in [-0.15, -0.1) is 0 Å². The fourth-order valence-electron chi connectivity index (χ4n) is 3.55. The van der Waals surface area contributed by atoms with Crippen LogP contribution in [0.3, 0.4) is 0 Å². The molecule has 13 heteroatoms. The molecular formula is C27H23F8NO4. The van der Waals surface area contributed by atoms with Crippen molar-refractivity contribution < 1.29 is 54.5 Å². The summed E-state index contributed by atoms with van der Waals surface area (Å²) in [4.78, 5) is 13.0. The predicted molar refractivity (Wildman–Crippen MR) is 129 cm³/mol. The lowest BCUT2D eigenvalue weighted by Gasteiger charge is -2.28. The van der Waals surface area contributed by atoms with E-state index in [0.717, 1.165) is 12.1 Å². The number of hydrogen-bond donors (Lipinski definition) is 1. The molecule has 1 unspecified atom stereocenters. The van der Waals surface area contributed by atoms with E-state index in [2.05, 4.69) is 4.74 Å². The minimum atomic E-state index is -4.96. The van der Waals surface area contributed by atoms with Crippen LogP contribution in [0.2, 0.25) is 0 Å². The van der Waals surface area contributed by atoms with Crippen LogP contribution in [0.5, 0.6) is 17.2 Å². The smallest absolute Gasteiger partial charge is 0.457 e. The Labute approximate surface area is 223 Å². The highest BCUT2D eigenvalue weighted by Crippen LogP contribution is 2.31. The maximum Gasteiger partial charge on any atom is 0.461 e. The second-order valence-electron chi connectivity index (χ2n) is 8.61. The standard InChI is InChI=1S/C27H23F8NO4/c28-24(29)26(32,33)23(38)14-19(37)16-36(15-17-6-4-11-22(12-17)40-27(34,35)25(30)31)18-7-5-10-21(13-18)39-20-8-2-1-3-9-20/h1-13,19,24-25,37H,14-16H2. The molecule has 0 saturated carbocycles. The maximum absolute atomic E-state index is 13.4. The average molecular weight is 577 g/mol. The Morgan fingerprint density at radius 2 is 1.43 bits per heavy atom. The molecule has 0 aliphatic carbocycles. The molecule has 0 radical (unpaired) electrons.